The summed E-state index contributed by atoms with van der Waals surface area (Å²) in [6, 6.07) is 5.38. The number of fused-ring (bicyclic) bond motifs is 1. The lowest BCUT2D eigenvalue weighted by Crippen LogP contribution is -1.90. The molecule has 0 saturated heterocycles. The average molecular weight is 150 g/mol. The van der Waals surface area contributed by atoms with E-state index in [0.29, 0.717) is 5.92 Å². The number of halogens is 1. The van der Waals surface area contributed by atoms with Crippen molar-refractivity contribution in [3.05, 3.63) is 35.1 Å². The van der Waals surface area contributed by atoms with Crippen LogP contribution in [-0.2, 0) is 12.8 Å². The standard InChI is InChI=1S/C10H11F/c1-7-5-8-3-2-4-10(11)9(8)6-7/h2-4,7H,5-6H2,1H3. The van der Waals surface area contributed by atoms with Gasteiger partial charge in [-0.2, -0.15) is 0 Å². The van der Waals surface area contributed by atoms with Gasteiger partial charge in [-0.15, -0.1) is 0 Å². The van der Waals surface area contributed by atoms with Gasteiger partial charge in [-0.3, -0.25) is 0 Å². The predicted octanol–water partition coefficient (Wildman–Crippen LogP) is 2.56. The first-order valence-electron chi connectivity index (χ1n) is 4.03. The Kier molecular flexibility index (Phi) is 1.45. The zero-order valence-electron chi connectivity index (χ0n) is 6.60. The minimum Gasteiger partial charge on any atom is -0.207 e. The third-order valence-corrected chi connectivity index (χ3v) is 2.34. The Hall–Kier alpha value is -0.850. The monoisotopic (exact) mass is 150 g/mol. The summed E-state index contributed by atoms with van der Waals surface area (Å²) in [5.41, 5.74) is 2.15. The third kappa shape index (κ3) is 1.05. The third-order valence-electron chi connectivity index (χ3n) is 2.34. The molecule has 0 heterocycles. The van der Waals surface area contributed by atoms with E-state index in [1.54, 1.807) is 12.1 Å². The molecule has 1 unspecified atom stereocenters. The maximum Gasteiger partial charge on any atom is 0.126 e. The summed E-state index contributed by atoms with van der Waals surface area (Å²) in [6.07, 6.45) is 1.97. The maximum atomic E-state index is 13.1. The van der Waals surface area contributed by atoms with Crippen molar-refractivity contribution in [1.29, 1.82) is 0 Å². The second kappa shape index (κ2) is 2.33. The van der Waals surface area contributed by atoms with Crippen LogP contribution < -0.4 is 0 Å². The highest BCUT2D eigenvalue weighted by molar-refractivity contribution is 5.33. The second-order valence-electron chi connectivity index (χ2n) is 3.39. The molecular weight excluding hydrogens is 139 g/mol. The molecule has 0 radical (unpaired) electrons. The van der Waals surface area contributed by atoms with Crippen molar-refractivity contribution in [2.24, 2.45) is 5.92 Å². The topological polar surface area (TPSA) is 0 Å². The summed E-state index contributed by atoms with van der Waals surface area (Å²) in [6.45, 7) is 2.17. The number of hydrogen-bond donors (Lipinski definition) is 0. The molecule has 1 heteroatoms. The molecular formula is C10H11F. The Balaban J connectivity index is 2.49. The summed E-state index contributed by atoms with van der Waals surface area (Å²) in [5, 5.41) is 0. The Morgan fingerprint density at radius 2 is 2.18 bits per heavy atom. The van der Waals surface area contributed by atoms with E-state index >= 15 is 0 Å². The van der Waals surface area contributed by atoms with E-state index in [9.17, 15) is 4.39 Å². The van der Waals surface area contributed by atoms with E-state index < -0.39 is 0 Å². The van der Waals surface area contributed by atoms with Crippen molar-refractivity contribution in [2.75, 3.05) is 0 Å². The maximum absolute atomic E-state index is 13.1. The van der Waals surface area contributed by atoms with E-state index in [1.807, 2.05) is 6.07 Å². The molecule has 58 valence electrons. The van der Waals surface area contributed by atoms with Crippen LogP contribution >= 0.6 is 0 Å². The molecule has 0 fully saturated rings. The highest BCUT2D eigenvalue weighted by atomic mass is 19.1. The molecule has 1 aromatic carbocycles. The van der Waals surface area contributed by atoms with Gasteiger partial charge >= 0.3 is 0 Å². The molecule has 2 rings (SSSR count). The summed E-state index contributed by atoms with van der Waals surface area (Å²) < 4.78 is 13.1. The zero-order chi connectivity index (χ0) is 7.84. The molecule has 1 atom stereocenters. The first kappa shape index (κ1) is 6.84. The fourth-order valence-corrected chi connectivity index (χ4v) is 1.82. The quantitative estimate of drug-likeness (QED) is 0.533. The molecule has 0 nitrogen and oxygen atoms in total. The minimum absolute atomic E-state index is 0.0214. The van der Waals surface area contributed by atoms with Gasteiger partial charge in [0.05, 0.1) is 0 Å². The average Bonchev–Trinajstić information content (AvgIpc) is 2.31. The molecule has 0 amide bonds. The summed E-state index contributed by atoms with van der Waals surface area (Å²) in [5.74, 6) is 0.605. The normalized spacial score (nSPS) is 21.8. The van der Waals surface area contributed by atoms with Crippen LogP contribution in [0.1, 0.15) is 18.1 Å². The van der Waals surface area contributed by atoms with Crippen LogP contribution in [0, 0.1) is 11.7 Å². The summed E-state index contributed by atoms with van der Waals surface area (Å²) >= 11 is 0. The van der Waals surface area contributed by atoms with Crippen molar-refractivity contribution in [3.63, 3.8) is 0 Å². The Labute approximate surface area is 66.1 Å². The van der Waals surface area contributed by atoms with Crippen molar-refractivity contribution >= 4 is 0 Å². The lowest BCUT2D eigenvalue weighted by molar-refractivity contribution is 0.587. The molecule has 1 aliphatic carbocycles. The predicted molar refractivity (Wildman–Crippen MR) is 43.0 cm³/mol. The van der Waals surface area contributed by atoms with Crippen molar-refractivity contribution < 1.29 is 4.39 Å². The SMILES string of the molecule is CC1Cc2cccc(F)c2C1. The van der Waals surface area contributed by atoms with Gasteiger partial charge in [0.1, 0.15) is 5.82 Å². The van der Waals surface area contributed by atoms with E-state index in [2.05, 4.69) is 6.92 Å². The smallest absolute Gasteiger partial charge is 0.126 e. The van der Waals surface area contributed by atoms with E-state index in [0.717, 1.165) is 18.4 Å². The fourth-order valence-electron chi connectivity index (χ4n) is 1.82. The highest BCUT2D eigenvalue weighted by Crippen LogP contribution is 2.27. The van der Waals surface area contributed by atoms with Crippen LogP contribution in [-0.4, -0.2) is 0 Å². The Bertz CT molecular complexity index is 278. The van der Waals surface area contributed by atoms with Gasteiger partial charge in [-0.05, 0) is 36.0 Å². The van der Waals surface area contributed by atoms with Crippen LogP contribution in [0.5, 0.6) is 0 Å². The summed E-state index contributed by atoms with van der Waals surface area (Å²) in [7, 11) is 0. The minimum atomic E-state index is -0.0214. The van der Waals surface area contributed by atoms with Gasteiger partial charge in [-0.25, -0.2) is 4.39 Å². The second-order valence-corrected chi connectivity index (χ2v) is 3.39. The molecule has 0 saturated carbocycles. The molecule has 1 aromatic rings. The first-order chi connectivity index (χ1) is 5.27. The van der Waals surface area contributed by atoms with Crippen LogP contribution in [0.25, 0.3) is 0 Å². The summed E-state index contributed by atoms with van der Waals surface area (Å²) in [4.78, 5) is 0. The molecule has 0 aliphatic heterocycles. The van der Waals surface area contributed by atoms with Crippen molar-refractivity contribution in [2.45, 2.75) is 19.8 Å². The van der Waals surface area contributed by atoms with Crippen LogP contribution in [0.15, 0.2) is 18.2 Å². The molecule has 11 heavy (non-hydrogen) atoms. The fraction of sp³-hybridized carbons (Fsp3) is 0.400. The number of benzene rings is 1. The van der Waals surface area contributed by atoms with Gasteiger partial charge in [0.2, 0.25) is 0 Å². The van der Waals surface area contributed by atoms with Crippen LogP contribution in [0.4, 0.5) is 4.39 Å². The number of rotatable bonds is 0. The van der Waals surface area contributed by atoms with Gasteiger partial charge in [0.25, 0.3) is 0 Å². The Morgan fingerprint density at radius 1 is 1.36 bits per heavy atom. The lowest BCUT2D eigenvalue weighted by Gasteiger charge is -1.97. The number of hydrogen-bond acceptors (Lipinski definition) is 0. The van der Waals surface area contributed by atoms with Gasteiger partial charge < -0.3 is 0 Å². The van der Waals surface area contributed by atoms with Crippen molar-refractivity contribution in [3.8, 4) is 0 Å². The molecule has 0 spiro atoms. The van der Waals surface area contributed by atoms with E-state index in [4.69, 9.17) is 0 Å². The van der Waals surface area contributed by atoms with E-state index in [-0.39, 0.29) is 5.82 Å². The van der Waals surface area contributed by atoms with Gasteiger partial charge in [0, 0.05) is 0 Å². The molecule has 0 N–H and O–H groups in total. The highest BCUT2D eigenvalue weighted by Gasteiger charge is 2.19. The Morgan fingerprint density at radius 3 is 2.91 bits per heavy atom. The van der Waals surface area contributed by atoms with Gasteiger partial charge in [0.15, 0.2) is 0 Å². The van der Waals surface area contributed by atoms with E-state index in [1.165, 1.54) is 5.56 Å². The lowest BCUT2D eigenvalue weighted by atomic mass is 10.1. The van der Waals surface area contributed by atoms with Crippen LogP contribution in [0.2, 0.25) is 0 Å². The van der Waals surface area contributed by atoms with Gasteiger partial charge in [-0.1, -0.05) is 19.1 Å². The zero-order valence-corrected chi connectivity index (χ0v) is 6.60. The first-order valence-corrected chi connectivity index (χ1v) is 4.03. The molecule has 0 aromatic heterocycles. The van der Waals surface area contributed by atoms with Crippen molar-refractivity contribution in [1.82, 2.24) is 0 Å². The van der Waals surface area contributed by atoms with Crippen LogP contribution in [0.3, 0.4) is 0 Å². The largest absolute Gasteiger partial charge is 0.207 e. The molecule has 0 bridgehead atoms. The molecule has 1 aliphatic rings.